The molecule has 0 bridgehead atoms. The Balaban J connectivity index is 1.71. The van der Waals surface area contributed by atoms with Crippen LogP contribution in [-0.4, -0.2) is 25.2 Å². The van der Waals surface area contributed by atoms with E-state index in [-0.39, 0.29) is 18.1 Å². The number of carbonyl (C=O) groups excluding carboxylic acids is 1. The fraction of sp³-hybridized carbons (Fsp3) is 0.333. The quantitative estimate of drug-likeness (QED) is 0.766. The van der Waals surface area contributed by atoms with E-state index in [2.05, 4.69) is 21.6 Å². The van der Waals surface area contributed by atoms with Crippen LogP contribution in [-0.2, 0) is 11.3 Å². The monoisotopic (exact) mass is 369 g/mol. The van der Waals surface area contributed by atoms with Gasteiger partial charge in [0.25, 0.3) is 0 Å². The van der Waals surface area contributed by atoms with Crippen LogP contribution in [0.5, 0.6) is 0 Å². The Morgan fingerprint density at radius 1 is 1.23 bits per heavy atom. The van der Waals surface area contributed by atoms with Crippen LogP contribution in [0, 0.1) is 6.92 Å². The SMILES string of the molecule is Cc1nnc(NC(=O)Cn2c(=O)n(C3=CCCCC3)c3ccccc32)s1. The number of fused-ring (bicyclic) bond motifs is 1. The number of carbonyl (C=O) groups is 1. The van der Waals surface area contributed by atoms with Crippen molar-refractivity contribution >= 4 is 39.1 Å². The minimum atomic E-state index is -0.288. The summed E-state index contributed by atoms with van der Waals surface area (Å²) in [5.41, 5.74) is 2.44. The molecule has 8 heteroatoms. The predicted octanol–water partition coefficient (Wildman–Crippen LogP) is 3.02. The third-order valence-electron chi connectivity index (χ3n) is 4.46. The number of hydrogen-bond acceptors (Lipinski definition) is 5. The van der Waals surface area contributed by atoms with Gasteiger partial charge in [-0.25, -0.2) is 4.79 Å². The van der Waals surface area contributed by atoms with E-state index in [1.807, 2.05) is 31.2 Å². The van der Waals surface area contributed by atoms with Gasteiger partial charge in [-0.05, 0) is 44.7 Å². The van der Waals surface area contributed by atoms with Gasteiger partial charge in [0, 0.05) is 5.70 Å². The molecule has 7 nitrogen and oxygen atoms in total. The minimum Gasteiger partial charge on any atom is -0.299 e. The lowest BCUT2D eigenvalue weighted by atomic mass is 10.0. The van der Waals surface area contributed by atoms with Gasteiger partial charge < -0.3 is 0 Å². The summed E-state index contributed by atoms with van der Waals surface area (Å²) in [7, 11) is 0. The highest BCUT2D eigenvalue weighted by atomic mass is 32.1. The zero-order chi connectivity index (χ0) is 18.1. The lowest BCUT2D eigenvalue weighted by molar-refractivity contribution is -0.116. The van der Waals surface area contributed by atoms with Crippen LogP contribution in [0.4, 0.5) is 5.13 Å². The molecule has 1 aliphatic carbocycles. The van der Waals surface area contributed by atoms with Crippen LogP contribution in [0.1, 0.15) is 30.7 Å². The summed E-state index contributed by atoms with van der Waals surface area (Å²) in [4.78, 5) is 25.5. The molecule has 0 radical (unpaired) electrons. The fourth-order valence-corrected chi connectivity index (χ4v) is 3.92. The summed E-state index contributed by atoms with van der Waals surface area (Å²) >= 11 is 1.31. The number of anilines is 1. The van der Waals surface area contributed by atoms with Gasteiger partial charge in [-0.15, -0.1) is 10.2 Å². The van der Waals surface area contributed by atoms with Crippen LogP contribution < -0.4 is 11.0 Å². The third kappa shape index (κ3) is 3.08. The smallest absolute Gasteiger partial charge is 0.299 e. The molecule has 0 unspecified atom stereocenters. The summed E-state index contributed by atoms with van der Waals surface area (Å²) in [6.45, 7) is 1.77. The average molecular weight is 369 g/mol. The minimum absolute atomic E-state index is 0.0573. The van der Waals surface area contributed by atoms with E-state index in [0.29, 0.717) is 5.13 Å². The van der Waals surface area contributed by atoms with Crippen LogP contribution in [0.3, 0.4) is 0 Å². The van der Waals surface area contributed by atoms with Gasteiger partial charge >= 0.3 is 5.69 Å². The van der Waals surface area contributed by atoms with E-state index in [1.165, 1.54) is 15.9 Å². The molecule has 0 aliphatic heterocycles. The molecule has 0 spiro atoms. The maximum Gasteiger partial charge on any atom is 0.333 e. The van der Waals surface area contributed by atoms with Crippen molar-refractivity contribution < 1.29 is 4.79 Å². The zero-order valence-electron chi connectivity index (χ0n) is 14.4. The molecule has 0 saturated carbocycles. The summed E-state index contributed by atoms with van der Waals surface area (Å²) < 4.78 is 3.27. The number of aryl methyl sites for hydroxylation is 1. The second kappa shape index (κ2) is 6.87. The molecule has 3 aromatic rings. The maximum atomic E-state index is 13.1. The third-order valence-corrected chi connectivity index (χ3v) is 5.22. The fourth-order valence-electron chi connectivity index (χ4n) is 3.31. The average Bonchev–Trinajstić information content (AvgIpc) is 3.17. The Bertz CT molecular complexity index is 1060. The summed E-state index contributed by atoms with van der Waals surface area (Å²) in [5.74, 6) is -0.288. The predicted molar refractivity (Wildman–Crippen MR) is 102 cm³/mol. The molecule has 1 amide bonds. The first-order valence-electron chi connectivity index (χ1n) is 8.63. The number of para-hydroxylation sites is 2. The molecule has 4 rings (SSSR count). The number of hydrogen-bond donors (Lipinski definition) is 1. The van der Waals surface area contributed by atoms with Crippen molar-refractivity contribution in [2.24, 2.45) is 0 Å². The van der Waals surface area contributed by atoms with Gasteiger partial charge in [0.2, 0.25) is 11.0 Å². The number of rotatable bonds is 4. The normalized spacial score (nSPS) is 14.4. The molecule has 0 fully saturated rings. The molecule has 1 N–H and O–H groups in total. The molecular weight excluding hydrogens is 350 g/mol. The van der Waals surface area contributed by atoms with E-state index in [4.69, 9.17) is 0 Å². The van der Waals surface area contributed by atoms with E-state index in [0.717, 1.165) is 47.4 Å². The van der Waals surface area contributed by atoms with E-state index >= 15 is 0 Å². The molecule has 2 heterocycles. The largest absolute Gasteiger partial charge is 0.333 e. The van der Waals surface area contributed by atoms with Gasteiger partial charge in [0.1, 0.15) is 11.6 Å². The molecule has 1 aromatic carbocycles. The lowest BCUT2D eigenvalue weighted by Gasteiger charge is -2.13. The van der Waals surface area contributed by atoms with E-state index < -0.39 is 0 Å². The Morgan fingerprint density at radius 2 is 2.04 bits per heavy atom. The van der Waals surface area contributed by atoms with Crippen molar-refractivity contribution in [1.82, 2.24) is 19.3 Å². The van der Waals surface area contributed by atoms with Crippen molar-refractivity contribution in [1.29, 1.82) is 0 Å². The van der Waals surface area contributed by atoms with Crippen LogP contribution in [0.15, 0.2) is 35.1 Å². The van der Waals surface area contributed by atoms with Crippen LogP contribution in [0.2, 0.25) is 0 Å². The topological polar surface area (TPSA) is 81.8 Å². The molecule has 0 saturated heterocycles. The zero-order valence-corrected chi connectivity index (χ0v) is 15.3. The van der Waals surface area contributed by atoms with Crippen LogP contribution >= 0.6 is 11.3 Å². The second-order valence-corrected chi connectivity index (χ2v) is 7.49. The Labute approximate surface area is 154 Å². The number of nitrogens with zero attached hydrogens (tertiary/aromatic N) is 4. The van der Waals surface area contributed by atoms with Crippen LogP contribution in [0.25, 0.3) is 16.7 Å². The second-order valence-electron chi connectivity index (χ2n) is 6.31. The Morgan fingerprint density at radius 3 is 2.73 bits per heavy atom. The molecule has 134 valence electrons. The van der Waals surface area contributed by atoms with Gasteiger partial charge in [0.15, 0.2) is 0 Å². The van der Waals surface area contributed by atoms with Crippen molar-refractivity contribution in [3.8, 4) is 0 Å². The molecule has 0 atom stereocenters. The highest BCUT2D eigenvalue weighted by molar-refractivity contribution is 7.15. The van der Waals surface area contributed by atoms with Crippen molar-refractivity contribution in [2.75, 3.05) is 5.32 Å². The first-order chi connectivity index (χ1) is 12.6. The first kappa shape index (κ1) is 16.7. The number of imidazole rings is 1. The van der Waals surface area contributed by atoms with Gasteiger partial charge in [-0.2, -0.15) is 0 Å². The highest BCUT2D eigenvalue weighted by Crippen LogP contribution is 2.24. The molecule has 26 heavy (non-hydrogen) atoms. The Hall–Kier alpha value is -2.74. The highest BCUT2D eigenvalue weighted by Gasteiger charge is 2.19. The van der Waals surface area contributed by atoms with E-state index in [9.17, 15) is 9.59 Å². The van der Waals surface area contributed by atoms with Crippen molar-refractivity contribution in [3.05, 3.63) is 45.8 Å². The number of nitrogens with one attached hydrogen (secondary N) is 1. The lowest BCUT2D eigenvalue weighted by Crippen LogP contribution is -2.29. The molecular formula is C18H19N5O2S. The van der Waals surface area contributed by atoms with Gasteiger partial charge in [0.05, 0.1) is 11.0 Å². The number of allylic oxidation sites excluding steroid dienone is 2. The van der Waals surface area contributed by atoms with E-state index in [1.54, 1.807) is 4.57 Å². The summed E-state index contributed by atoms with van der Waals surface area (Å²) in [6, 6.07) is 7.59. The van der Waals surface area contributed by atoms with Crippen molar-refractivity contribution in [2.45, 2.75) is 39.2 Å². The number of aromatic nitrogens is 4. The molecule has 1 aliphatic rings. The first-order valence-corrected chi connectivity index (χ1v) is 9.45. The number of benzene rings is 1. The Kier molecular flexibility index (Phi) is 4.42. The van der Waals surface area contributed by atoms with Crippen molar-refractivity contribution in [3.63, 3.8) is 0 Å². The van der Waals surface area contributed by atoms with Gasteiger partial charge in [-0.1, -0.05) is 29.5 Å². The van der Waals surface area contributed by atoms with Gasteiger partial charge in [-0.3, -0.25) is 19.2 Å². The maximum absolute atomic E-state index is 13.1. The summed E-state index contributed by atoms with van der Waals surface area (Å²) in [5, 5.41) is 11.7. The number of amides is 1. The summed E-state index contributed by atoms with van der Waals surface area (Å²) in [6.07, 6.45) is 6.23. The standard InChI is InChI=1S/C18H19N5O2S/c1-12-20-21-17(26-12)19-16(24)11-22-14-9-5-6-10-15(14)23(18(22)25)13-7-3-2-4-8-13/h5-7,9-10H,2-4,8,11H2,1H3,(H,19,21,24). The molecule has 2 aromatic heterocycles.